The summed E-state index contributed by atoms with van der Waals surface area (Å²) in [4.78, 5) is 26.9. The van der Waals surface area contributed by atoms with Crippen LogP contribution in [0.15, 0.2) is 29.4 Å². The van der Waals surface area contributed by atoms with Gasteiger partial charge in [0.1, 0.15) is 6.61 Å². The van der Waals surface area contributed by atoms with Crippen molar-refractivity contribution >= 4 is 23.6 Å². The summed E-state index contributed by atoms with van der Waals surface area (Å²) in [7, 11) is 0. The van der Waals surface area contributed by atoms with E-state index in [9.17, 15) is 14.0 Å². The van der Waals surface area contributed by atoms with Crippen LogP contribution in [0.5, 0.6) is 5.75 Å². The fourth-order valence-corrected chi connectivity index (χ4v) is 7.48. The van der Waals surface area contributed by atoms with Crippen LogP contribution >= 0.6 is 11.8 Å². The molecule has 1 aromatic carbocycles. The molecule has 1 aliphatic heterocycles. The van der Waals surface area contributed by atoms with E-state index in [0.717, 1.165) is 5.92 Å². The Hall–Kier alpha value is -2.62. The lowest BCUT2D eigenvalue weighted by Gasteiger charge is -2.31. The Morgan fingerprint density at radius 2 is 1.92 bits per heavy atom. The van der Waals surface area contributed by atoms with E-state index in [-0.39, 0.29) is 41.9 Å². The predicted octanol–water partition coefficient (Wildman–Crippen LogP) is 4.89. The minimum atomic E-state index is -0.411. The fraction of sp³-hybridized carbons (Fsp3) is 0.643. The molecule has 2 heterocycles. The van der Waals surface area contributed by atoms with Gasteiger partial charge in [-0.3, -0.25) is 14.2 Å². The van der Waals surface area contributed by atoms with Crippen molar-refractivity contribution in [3.63, 3.8) is 0 Å². The summed E-state index contributed by atoms with van der Waals surface area (Å²) in [5, 5.41) is 9.57. The SMILES string of the molecule is CCOC(=O)C1CCN(C(=O)CSc2nnc(COc3ccccc3F)n2[C@@H](C)[C@H]2C[C@@H]3CC[C@@H]2C3)CC1. The van der Waals surface area contributed by atoms with Gasteiger partial charge < -0.3 is 14.4 Å². The first-order valence-electron chi connectivity index (χ1n) is 13.8. The second kappa shape index (κ2) is 12.1. The molecular weight excluding hydrogens is 507 g/mol. The summed E-state index contributed by atoms with van der Waals surface area (Å²) in [6, 6.07) is 6.52. The molecule has 2 bridgehead atoms. The molecule has 3 fully saturated rings. The molecule has 8 nitrogen and oxygen atoms in total. The Morgan fingerprint density at radius 3 is 2.61 bits per heavy atom. The first kappa shape index (κ1) is 27.0. The molecule has 206 valence electrons. The molecule has 3 aliphatic rings. The minimum Gasteiger partial charge on any atom is -0.483 e. The molecule has 10 heteroatoms. The lowest BCUT2D eigenvalue weighted by molar-refractivity contribution is -0.151. The third kappa shape index (κ3) is 5.84. The highest BCUT2D eigenvalue weighted by Gasteiger charge is 2.43. The molecule has 0 radical (unpaired) electrons. The zero-order valence-electron chi connectivity index (χ0n) is 22.2. The summed E-state index contributed by atoms with van der Waals surface area (Å²) >= 11 is 1.39. The number of likely N-dealkylation sites (tertiary alicyclic amines) is 1. The maximum atomic E-state index is 14.2. The number of piperidine rings is 1. The average Bonchev–Trinajstić information content (AvgIpc) is 3.67. The lowest BCUT2D eigenvalue weighted by Crippen LogP contribution is -2.41. The van der Waals surface area contributed by atoms with E-state index < -0.39 is 5.82 Å². The highest BCUT2D eigenvalue weighted by atomic mass is 32.2. The third-order valence-electron chi connectivity index (χ3n) is 8.54. The van der Waals surface area contributed by atoms with Gasteiger partial charge in [0.25, 0.3) is 0 Å². The summed E-state index contributed by atoms with van der Waals surface area (Å²) < 4.78 is 27.2. The van der Waals surface area contributed by atoms with Crippen LogP contribution in [0.2, 0.25) is 0 Å². The number of halogens is 1. The zero-order valence-corrected chi connectivity index (χ0v) is 23.0. The molecular formula is C28H37FN4O4S. The first-order chi connectivity index (χ1) is 18.4. The van der Waals surface area contributed by atoms with Gasteiger partial charge in [-0.25, -0.2) is 4.39 Å². The van der Waals surface area contributed by atoms with Crippen LogP contribution in [0.25, 0.3) is 0 Å². The number of nitrogens with zero attached hydrogens (tertiary/aromatic N) is 4. The maximum Gasteiger partial charge on any atom is 0.309 e. The van der Waals surface area contributed by atoms with Crippen molar-refractivity contribution in [2.75, 3.05) is 25.4 Å². The van der Waals surface area contributed by atoms with E-state index in [1.807, 2.05) is 11.8 Å². The number of hydrogen-bond acceptors (Lipinski definition) is 7. The van der Waals surface area contributed by atoms with Gasteiger partial charge in [-0.1, -0.05) is 30.3 Å². The number of hydrogen-bond donors (Lipinski definition) is 0. The van der Waals surface area contributed by atoms with Crippen molar-refractivity contribution in [3.8, 4) is 5.75 Å². The smallest absolute Gasteiger partial charge is 0.309 e. The summed E-state index contributed by atoms with van der Waals surface area (Å²) in [5.41, 5.74) is 0. The Kier molecular flexibility index (Phi) is 8.55. The van der Waals surface area contributed by atoms with Crippen LogP contribution in [0.1, 0.15) is 64.2 Å². The summed E-state index contributed by atoms with van der Waals surface area (Å²) in [6.07, 6.45) is 6.35. The number of carbonyl (C=O) groups is 2. The average molecular weight is 545 g/mol. The highest BCUT2D eigenvalue weighted by molar-refractivity contribution is 7.99. The predicted molar refractivity (Wildman–Crippen MR) is 141 cm³/mol. The molecule has 0 unspecified atom stereocenters. The van der Waals surface area contributed by atoms with Gasteiger partial charge in [0.2, 0.25) is 5.91 Å². The molecule has 1 saturated heterocycles. The van der Waals surface area contributed by atoms with Crippen molar-refractivity contribution < 1.29 is 23.5 Å². The lowest BCUT2D eigenvalue weighted by atomic mass is 9.84. The Labute approximate surface area is 227 Å². The van der Waals surface area contributed by atoms with Crippen molar-refractivity contribution in [3.05, 3.63) is 35.9 Å². The molecule has 38 heavy (non-hydrogen) atoms. The van der Waals surface area contributed by atoms with Crippen molar-refractivity contribution in [2.45, 2.75) is 70.2 Å². The van der Waals surface area contributed by atoms with Crippen LogP contribution < -0.4 is 4.74 Å². The standard InChI is InChI=1S/C28H37FN4O4S/c1-3-36-27(35)20-10-12-32(13-11-20)26(34)17-38-28-31-30-25(16-37-24-7-5-4-6-23(24)29)33(28)18(2)22-15-19-8-9-21(22)14-19/h4-7,18-22H,3,8-17H2,1-2H3/t18-,19+,21+,22+/m0/s1. The van der Waals surface area contributed by atoms with Crippen LogP contribution in [0.3, 0.4) is 0 Å². The van der Waals surface area contributed by atoms with Gasteiger partial charge >= 0.3 is 5.97 Å². The summed E-state index contributed by atoms with van der Waals surface area (Å²) in [6.45, 7) is 5.62. The monoisotopic (exact) mass is 544 g/mol. The van der Waals surface area contributed by atoms with E-state index in [4.69, 9.17) is 9.47 Å². The number of para-hydroxylation sites is 1. The fourth-order valence-electron chi connectivity index (χ4n) is 6.54. The number of fused-ring (bicyclic) bond motifs is 2. The molecule has 4 atom stereocenters. The maximum absolute atomic E-state index is 14.2. The Morgan fingerprint density at radius 1 is 1.13 bits per heavy atom. The van der Waals surface area contributed by atoms with Crippen LogP contribution in [0.4, 0.5) is 4.39 Å². The molecule has 0 N–H and O–H groups in total. The van der Waals surface area contributed by atoms with E-state index in [0.29, 0.717) is 55.4 Å². The van der Waals surface area contributed by atoms with Gasteiger partial charge in [0.15, 0.2) is 22.5 Å². The van der Waals surface area contributed by atoms with Crippen LogP contribution in [-0.4, -0.2) is 57.0 Å². The number of amides is 1. The van der Waals surface area contributed by atoms with E-state index >= 15 is 0 Å². The quantitative estimate of drug-likeness (QED) is 0.311. The number of benzene rings is 1. The molecule has 1 aromatic heterocycles. The second-order valence-electron chi connectivity index (χ2n) is 10.8. The number of carbonyl (C=O) groups excluding carboxylic acids is 2. The molecule has 2 aliphatic carbocycles. The summed E-state index contributed by atoms with van der Waals surface area (Å²) in [5.74, 6) is 2.45. The van der Waals surface area contributed by atoms with Crippen LogP contribution in [-0.2, 0) is 20.9 Å². The zero-order chi connectivity index (χ0) is 26.6. The van der Waals surface area contributed by atoms with Crippen molar-refractivity contribution in [2.24, 2.45) is 23.7 Å². The number of esters is 1. The number of aromatic nitrogens is 3. The largest absolute Gasteiger partial charge is 0.483 e. The molecule has 1 amide bonds. The van der Waals surface area contributed by atoms with Crippen molar-refractivity contribution in [1.29, 1.82) is 0 Å². The molecule has 0 spiro atoms. The Bertz CT molecular complexity index is 1140. The van der Waals surface area contributed by atoms with Gasteiger partial charge in [0, 0.05) is 19.1 Å². The van der Waals surface area contributed by atoms with Gasteiger partial charge in [-0.2, -0.15) is 0 Å². The molecule has 2 saturated carbocycles. The first-order valence-corrected chi connectivity index (χ1v) is 14.8. The normalized spacial score (nSPS) is 24.0. The highest BCUT2D eigenvalue weighted by Crippen LogP contribution is 2.52. The van der Waals surface area contributed by atoms with E-state index in [1.165, 1.54) is 43.5 Å². The number of thioether (sulfide) groups is 1. The number of ether oxygens (including phenoxy) is 2. The van der Waals surface area contributed by atoms with Gasteiger partial charge in [-0.05, 0) is 75.8 Å². The number of rotatable bonds is 10. The van der Waals surface area contributed by atoms with E-state index in [1.54, 1.807) is 18.2 Å². The molecule has 5 rings (SSSR count). The second-order valence-corrected chi connectivity index (χ2v) is 11.7. The van der Waals surface area contributed by atoms with Gasteiger partial charge in [-0.15, -0.1) is 10.2 Å². The molecule has 2 aromatic rings. The van der Waals surface area contributed by atoms with Crippen LogP contribution in [0, 0.1) is 29.5 Å². The van der Waals surface area contributed by atoms with E-state index in [2.05, 4.69) is 21.7 Å². The minimum absolute atomic E-state index is 0.0311. The Balaban J connectivity index is 1.25. The third-order valence-corrected chi connectivity index (χ3v) is 9.47. The topological polar surface area (TPSA) is 86.6 Å². The van der Waals surface area contributed by atoms with Gasteiger partial charge in [0.05, 0.1) is 18.3 Å². The van der Waals surface area contributed by atoms with Crippen molar-refractivity contribution in [1.82, 2.24) is 19.7 Å².